The maximum atomic E-state index is 11.6. The first kappa shape index (κ1) is 12.5. The Morgan fingerprint density at radius 2 is 2.06 bits per heavy atom. The van der Waals surface area contributed by atoms with E-state index in [1.54, 1.807) is 0 Å². The Hall–Kier alpha value is -1.61. The highest BCUT2D eigenvalue weighted by Crippen LogP contribution is 2.14. The van der Waals surface area contributed by atoms with Gasteiger partial charge in [0.1, 0.15) is 6.04 Å². The molecule has 0 fully saturated rings. The zero-order valence-corrected chi connectivity index (χ0v) is 9.69. The standard InChI is InChI=1S/C13H17NO2/c1-10(2)9-14-12(13(15)16-3)11-7-5-4-6-8-11/h4-8,12,14H,1,9H2,2-3H3. The van der Waals surface area contributed by atoms with Gasteiger partial charge in [0.15, 0.2) is 0 Å². The zero-order valence-electron chi connectivity index (χ0n) is 9.69. The highest BCUT2D eigenvalue weighted by Gasteiger charge is 2.19. The molecule has 86 valence electrons. The third-order valence-electron chi connectivity index (χ3n) is 2.18. The second-order valence-electron chi connectivity index (χ2n) is 3.70. The molecule has 0 aliphatic heterocycles. The molecule has 0 heterocycles. The van der Waals surface area contributed by atoms with Crippen LogP contribution in [-0.2, 0) is 9.53 Å². The monoisotopic (exact) mass is 219 g/mol. The van der Waals surface area contributed by atoms with Crippen molar-refractivity contribution in [2.75, 3.05) is 13.7 Å². The van der Waals surface area contributed by atoms with Crippen LogP contribution in [-0.4, -0.2) is 19.6 Å². The van der Waals surface area contributed by atoms with Gasteiger partial charge in [-0.25, -0.2) is 4.79 Å². The predicted octanol–water partition coefficient (Wildman–Crippen LogP) is 2.07. The molecule has 1 unspecified atom stereocenters. The van der Waals surface area contributed by atoms with Crippen molar-refractivity contribution in [2.24, 2.45) is 0 Å². The van der Waals surface area contributed by atoms with Crippen LogP contribution in [0, 0.1) is 0 Å². The van der Waals surface area contributed by atoms with Gasteiger partial charge in [-0.1, -0.05) is 42.5 Å². The van der Waals surface area contributed by atoms with E-state index in [0.29, 0.717) is 6.54 Å². The van der Waals surface area contributed by atoms with Crippen LogP contribution in [0.3, 0.4) is 0 Å². The van der Waals surface area contributed by atoms with Gasteiger partial charge in [0.25, 0.3) is 0 Å². The molecule has 1 aromatic rings. The van der Waals surface area contributed by atoms with Crippen molar-refractivity contribution in [2.45, 2.75) is 13.0 Å². The number of hydrogen-bond acceptors (Lipinski definition) is 3. The molecule has 0 bridgehead atoms. The van der Waals surface area contributed by atoms with Crippen LogP contribution in [0.4, 0.5) is 0 Å². The predicted molar refractivity (Wildman–Crippen MR) is 64.0 cm³/mol. The Balaban J connectivity index is 2.79. The number of rotatable bonds is 5. The van der Waals surface area contributed by atoms with E-state index >= 15 is 0 Å². The molecule has 0 spiro atoms. The van der Waals surface area contributed by atoms with Crippen LogP contribution in [0.2, 0.25) is 0 Å². The molecule has 16 heavy (non-hydrogen) atoms. The van der Waals surface area contributed by atoms with E-state index in [1.165, 1.54) is 7.11 Å². The van der Waals surface area contributed by atoms with Crippen molar-refractivity contribution >= 4 is 5.97 Å². The zero-order chi connectivity index (χ0) is 12.0. The molecule has 1 N–H and O–H groups in total. The molecule has 0 amide bonds. The van der Waals surface area contributed by atoms with Crippen molar-refractivity contribution in [1.29, 1.82) is 0 Å². The van der Waals surface area contributed by atoms with E-state index < -0.39 is 6.04 Å². The van der Waals surface area contributed by atoms with Crippen LogP contribution >= 0.6 is 0 Å². The van der Waals surface area contributed by atoms with Crippen LogP contribution in [0.5, 0.6) is 0 Å². The number of ether oxygens (including phenoxy) is 1. The molecule has 3 nitrogen and oxygen atoms in total. The first-order valence-electron chi connectivity index (χ1n) is 5.15. The summed E-state index contributed by atoms with van der Waals surface area (Å²) in [6, 6.07) is 9.07. The molecule has 0 radical (unpaired) electrons. The Morgan fingerprint density at radius 1 is 1.44 bits per heavy atom. The lowest BCUT2D eigenvalue weighted by Crippen LogP contribution is -2.30. The van der Waals surface area contributed by atoms with E-state index in [0.717, 1.165) is 11.1 Å². The van der Waals surface area contributed by atoms with Crippen molar-refractivity contribution in [3.05, 3.63) is 48.0 Å². The molecular weight excluding hydrogens is 202 g/mol. The van der Waals surface area contributed by atoms with Crippen molar-refractivity contribution in [3.8, 4) is 0 Å². The third kappa shape index (κ3) is 3.51. The highest BCUT2D eigenvalue weighted by atomic mass is 16.5. The first-order valence-corrected chi connectivity index (χ1v) is 5.15. The molecule has 1 atom stereocenters. The normalized spacial score (nSPS) is 11.9. The van der Waals surface area contributed by atoms with E-state index in [9.17, 15) is 4.79 Å². The Kier molecular flexibility index (Phi) is 4.73. The smallest absolute Gasteiger partial charge is 0.327 e. The number of carbonyl (C=O) groups is 1. The second kappa shape index (κ2) is 6.08. The van der Waals surface area contributed by atoms with Crippen molar-refractivity contribution in [1.82, 2.24) is 5.32 Å². The maximum absolute atomic E-state index is 11.6. The maximum Gasteiger partial charge on any atom is 0.327 e. The summed E-state index contributed by atoms with van der Waals surface area (Å²) in [7, 11) is 1.39. The fraction of sp³-hybridized carbons (Fsp3) is 0.308. The molecule has 3 heteroatoms. The number of hydrogen-bond donors (Lipinski definition) is 1. The molecule has 1 rings (SSSR count). The third-order valence-corrected chi connectivity index (χ3v) is 2.18. The molecule has 0 aliphatic carbocycles. The minimum atomic E-state index is -0.428. The van der Waals surface area contributed by atoms with E-state index in [1.807, 2.05) is 37.3 Å². The Bertz CT molecular complexity index is 359. The molecule has 1 aromatic carbocycles. The number of carbonyl (C=O) groups excluding carboxylic acids is 1. The summed E-state index contributed by atoms with van der Waals surface area (Å²) >= 11 is 0. The summed E-state index contributed by atoms with van der Waals surface area (Å²) in [5.74, 6) is -0.285. The lowest BCUT2D eigenvalue weighted by Gasteiger charge is -2.16. The van der Waals surface area contributed by atoms with Crippen LogP contribution < -0.4 is 5.32 Å². The fourth-order valence-electron chi connectivity index (χ4n) is 1.38. The Labute approximate surface area is 96.1 Å². The van der Waals surface area contributed by atoms with Gasteiger partial charge < -0.3 is 4.74 Å². The molecular formula is C13H17NO2. The second-order valence-corrected chi connectivity index (χ2v) is 3.70. The number of benzene rings is 1. The minimum Gasteiger partial charge on any atom is -0.468 e. The number of methoxy groups -OCH3 is 1. The molecule has 0 saturated heterocycles. The van der Waals surface area contributed by atoms with Crippen LogP contribution in [0.15, 0.2) is 42.5 Å². The summed E-state index contributed by atoms with van der Waals surface area (Å²) in [4.78, 5) is 11.6. The van der Waals surface area contributed by atoms with Gasteiger partial charge in [-0.05, 0) is 12.5 Å². The fourth-order valence-corrected chi connectivity index (χ4v) is 1.38. The van der Waals surface area contributed by atoms with Crippen molar-refractivity contribution < 1.29 is 9.53 Å². The first-order chi connectivity index (χ1) is 7.65. The summed E-state index contributed by atoms with van der Waals surface area (Å²) in [5.41, 5.74) is 1.88. The summed E-state index contributed by atoms with van der Waals surface area (Å²) < 4.78 is 4.77. The van der Waals surface area contributed by atoms with Crippen LogP contribution in [0.1, 0.15) is 18.5 Å². The average Bonchev–Trinajstić information content (AvgIpc) is 2.30. The summed E-state index contributed by atoms with van der Waals surface area (Å²) in [6.45, 7) is 6.29. The molecule has 0 aromatic heterocycles. The SMILES string of the molecule is C=C(C)CNC(C(=O)OC)c1ccccc1. The number of esters is 1. The van der Waals surface area contributed by atoms with Gasteiger partial charge in [-0.15, -0.1) is 0 Å². The van der Waals surface area contributed by atoms with Gasteiger partial charge in [0.2, 0.25) is 0 Å². The van der Waals surface area contributed by atoms with E-state index in [2.05, 4.69) is 11.9 Å². The van der Waals surface area contributed by atoms with Crippen molar-refractivity contribution in [3.63, 3.8) is 0 Å². The Morgan fingerprint density at radius 3 is 2.56 bits per heavy atom. The summed E-state index contributed by atoms with van der Waals surface area (Å²) in [5, 5.41) is 3.11. The number of nitrogens with one attached hydrogen (secondary N) is 1. The lowest BCUT2D eigenvalue weighted by atomic mass is 10.1. The van der Waals surface area contributed by atoms with E-state index in [4.69, 9.17) is 4.74 Å². The quantitative estimate of drug-likeness (QED) is 0.608. The van der Waals surface area contributed by atoms with Crippen LogP contribution in [0.25, 0.3) is 0 Å². The molecule has 0 saturated carbocycles. The minimum absolute atomic E-state index is 0.285. The average molecular weight is 219 g/mol. The molecule has 0 aliphatic rings. The van der Waals surface area contributed by atoms with Gasteiger partial charge in [-0.3, -0.25) is 5.32 Å². The largest absolute Gasteiger partial charge is 0.468 e. The highest BCUT2D eigenvalue weighted by molar-refractivity contribution is 5.77. The lowest BCUT2D eigenvalue weighted by molar-refractivity contribution is -0.143. The summed E-state index contributed by atoms with van der Waals surface area (Å²) in [6.07, 6.45) is 0. The van der Waals surface area contributed by atoms with Gasteiger partial charge >= 0.3 is 5.97 Å². The van der Waals surface area contributed by atoms with Gasteiger partial charge in [-0.2, -0.15) is 0 Å². The van der Waals surface area contributed by atoms with Gasteiger partial charge in [0, 0.05) is 6.54 Å². The van der Waals surface area contributed by atoms with E-state index in [-0.39, 0.29) is 5.97 Å². The topological polar surface area (TPSA) is 38.3 Å². The van der Waals surface area contributed by atoms with Gasteiger partial charge in [0.05, 0.1) is 7.11 Å².